The predicted molar refractivity (Wildman–Crippen MR) is 104 cm³/mol. The Morgan fingerprint density at radius 2 is 1.88 bits per heavy atom. The van der Waals surface area contributed by atoms with Crippen LogP contribution in [0.25, 0.3) is 10.6 Å². The van der Waals surface area contributed by atoms with Gasteiger partial charge >= 0.3 is 0 Å². The molecule has 1 fully saturated rings. The molecule has 1 aromatic heterocycles. The maximum atomic E-state index is 11.6. The molecule has 25 heavy (non-hydrogen) atoms. The van der Waals surface area contributed by atoms with Crippen molar-refractivity contribution < 1.29 is 8.42 Å². The molecule has 2 N–H and O–H groups in total. The Bertz CT molecular complexity index is 750. The van der Waals surface area contributed by atoms with Crippen LogP contribution in [-0.2, 0) is 10.0 Å². The summed E-state index contributed by atoms with van der Waals surface area (Å²) in [6.07, 6.45) is 5.79. The number of rotatable bonds is 7. The van der Waals surface area contributed by atoms with E-state index < -0.39 is 10.0 Å². The van der Waals surface area contributed by atoms with E-state index in [0.717, 1.165) is 48.5 Å². The zero-order chi connectivity index (χ0) is 17.7. The maximum Gasteiger partial charge on any atom is 0.211 e. The van der Waals surface area contributed by atoms with Crippen molar-refractivity contribution in [2.75, 3.05) is 17.6 Å². The lowest BCUT2D eigenvalue weighted by molar-refractivity contribution is 0.324. The minimum Gasteiger partial charge on any atom is -0.385 e. The zero-order valence-corrected chi connectivity index (χ0v) is 16.1. The molecule has 3 rings (SSSR count). The first-order valence-corrected chi connectivity index (χ1v) is 11.3. The van der Waals surface area contributed by atoms with E-state index in [0.29, 0.717) is 5.92 Å². The fraction of sp³-hybridized carbons (Fsp3) is 0.500. The molecular formula is C18H25N3O2S2. The molecule has 0 saturated heterocycles. The van der Waals surface area contributed by atoms with Gasteiger partial charge in [-0.2, -0.15) is 0 Å². The van der Waals surface area contributed by atoms with E-state index in [-0.39, 0.29) is 11.8 Å². The van der Waals surface area contributed by atoms with E-state index in [1.165, 1.54) is 0 Å². The lowest BCUT2D eigenvalue weighted by atomic mass is 9.86. The molecule has 1 aliphatic rings. The Hall–Kier alpha value is -1.44. The Morgan fingerprint density at radius 3 is 2.48 bits per heavy atom. The molecule has 7 heteroatoms. The highest BCUT2D eigenvalue weighted by Crippen LogP contribution is 2.26. The number of hydrogen-bond acceptors (Lipinski definition) is 5. The summed E-state index contributed by atoms with van der Waals surface area (Å²) in [5.74, 6) is 0.756. The van der Waals surface area contributed by atoms with Gasteiger partial charge in [-0.15, -0.1) is 11.3 Å². The van der Waals surface area contributed by atoms with Gasteiger partial charge in [-0.3, -0.25) is 0 Å². The number of aromatic nitrogens is 1. The van der Waals surface area contributed by atoms with Crippen molar-refractivity contribution in [1.29, 1.82) is 0 Å². The van der Waals surface area contributed by atoms with E-state index in [1.807, 2.05) is 11.6 Å². The molecule has 0 amide bonds. The number of nitrogens with one attached hydrogen (secondary N) is 2. The molecule has 0 aliphatic heterocycles. The van der Waals surface area contributed by atoms with E-state index in [4.69, 9.17) is 0 Å². The van der Waals surface area contributed by atoms with Gasteiger partial charge in [0.05, 0.1) is 5.75 Å². The monoisotopic (exact) mass is 379 g/mol. The third-order valence-corrected chi connectivity index (χ3v) is 7.01. The van der Waals surface area contributed by atoms with Crippen LogP contribution in [0.15, 0.2) is 35.8 Å². The van der Waals surface area contributed by atoms with Crippen molar-refractivity contribution in [3.63, 3.8) is 0 Å². The second-order valence-electron chi connectivity index (χ2n) is 6.53. The molecule has 1 aromatic carbocycles. The average Bonchev–Trinajstić information content (AvgIpc) is 3.16. The van der Waals surface area contributed by atoms with Crippen molar-refractivity contribution in [1.82, 2.24) is 9.71 Å². The largest absolute Gasteiger partial charge is 0.385 e. The summed E-state index contributed by atoms with van der Waals surface area (Å²) in [7, 11) is -3.08. The topological polar surface area (TPSA) is 71.1 Å². The van der Waals surface area contributed by atoms with Gasteiger partial charge in [-0.1, -0.05) is 0 Å². The van der Waals surface area contributed by atoms with E-state index in [9.17, 15) is 8.42 Å². The average molecular weight is 380 g/mol. The molecule has 136 valence electrons. The lowest BCUT2D eigenvalue weighted by Crippen LogP contribution is -2.39. The van der Waals surface area contributed by atoms with Gasteiger partial charge in [0.2, 0.25) is 10.0 Å². The van der Waals surface area contributed by atoms with Crippen molar-refractivity contribution >= 4 is 27.0 Å². The van der Waals surface area contributed by atoms with Crippen molar-refractivity contribution in [3.05, 3.63) is 35.8 Å². The number of anilines is 1. The zero-order valence-electron chi connectivity index (χ0n) is 14.4. The summed E-state index contributed by atoms with van der Waals surface area (Å²) in [6, 6.07) is 8.49. The van der Waals surface area contributed by atoms with Gasteiger partial charge in [0.1, 0.15) is 5.01 Å². The van der Waals surface area contributed by atoms with Gasteiger partial charge in [0.25, 0.3) is 0 Å². The van der Waals surface area contributed by atoms with E-state index >= 15 is 0 Å². The second kappa shape index (κ2) is 8.29. The van der Waals surface area contributed by atoms with Crippen molar-refractivity contribution in [3.8, 4) is 10.6 Å². The van der Waals surface area contributed by atoms with Crippen LogP contribution in [0.2, 0.25) is 0 Å². The lowest BCUT2D eigenvalue weighted by Gasteiger charge is -2.29. The summed E-state index contributed by atoms with van der Waals surface area (Å²) in [6.45, 7) is 2.61. The highest BCUT2D eigenvalue weighted by atomic mass is 32.2. The first kappa shape index (κ1) is 18.4. The quantitative estimate of drug-likeness (QED) is 0.769. The first-order chi connectivity index (χ1) is 12.1. The normalized spacial score (nSPS) is 21.2. The van der Waals surface area contributed by atoms with Gasteiger partial charge in [-0.05, 0) is 62.8 Å². The molecule has 1 heterocycles. The molecular weight excluding hydrogens is 354 g/mol. The molecule has 1 aliphatic carbocycles. The summed E-state index contributed by atoms with van der Waals surface area (Å²) in [5.41, 5.74) is 2.26. The van der Waals surface area contributed by atoms with Gasteiger partial charge in [-0.25, -0.2) is 18.1 Å². The molecule has 0 unspecified atom stereocenters. The summed E-state index contributed by atoms with van der Waals surface area (Å²) >= 11 is 1.64. The first-order valence-electron chi connectivity index (χ1n) is 8.79. The van der Waals surface area contributed by atoms with Crippen LogP contribution in [0.4, 0.5) is 5.69 Å². The standard InChI is InChI=1S/C18H25N3O2S2/c1-2-25(22,23)21-17-7-3-14(4-8-17)13-20-16-9-5-15(6-10-16)18-19-11-12-24-18/h5-6,9-12,14,17,20-21H,2-4,7-8,13H2,1H3/t14-,17-. The minimum atomic E-state index is -3.08. The predicted octanol–water partition coefficient (Wildman–Crippen LogP) is 3.72. The maximum absolute atomic E-state index is 11.6. The Kier molecular flexibility index (Phi) is 6.09. The van der Waals surface area contributed by atoms with E-state index in [2.05, 4.69) is 39.3 Å². The molecule has 0 atom stereocenters. The fourth-order valence-corrected chi connectivity index (χ4v) is 4.74. The van der Waals surface area contributed by atoms with Crippen LogP contribution in [0, 0.1) is 5.92 Å². The highest BCUT2D eigenvalue weighted by Gasteiger charge is 2.23. The Labute approximate surface area is 153 Å². The van der Waals surface area contributed by atoms with Crippen LogP contribution in [0.1, 0.15) is 32.6 Å². The van der Waals surface area contributed by atoms with Gasteiger partial charge in [0, 0.05) is 35.4 Å². The van der Waals surface area contributed by atoms with Crippen LogP contribution >= 0.6 is 11.3 Å². The molecule has 0 radical (unpaired) electrons. The third kappa shape index (κ3) is 5.26. The SMILES string of the molecule is CCS(=O)(=O)N[C@H]1CC[C@H](CNc2ccc(-c3nccs3)cc2)CC1. The fourth-order valence-electron chi connectivity index (χ4n) is 3.18. The number of benzene rings is 1. The van der Waals surface area contributed by atoms with Crippen molar-refractivity contribution in [2.24, 2.45) is 5.92 Å². The van der Waals surface area contributed by atoms with Gasteiger partial charge in [0.15, 0.2) is 0 Å². The van der Waals surface area contributed by atoms with E-state index in [1.54, 1.807) is 18.3 Å². The summed E-state index contributed by atoms with van der Waals surface area (Å²) in [4.78, 5) is 4.32. The molecule has 0 bridgehead atoms. The molecule has 1 saturated carbocycles. The molecule has 0 spiro atoms. The number of sulfonamides is 1. The van der Waals surface area contributed by atoms with Crippen LogP contribution in [0.5, 0.6) is 0 Å². The Morgan fingerprint density at radius 1 is 1.16 bits per heavy atom. The molecule has 5 nitrogen and oxygen atoms in total. The van der Waals surface area contributed by atoms with Crippen molar-refractivity contribution in [2.45, 2.75) is 38.6 Å². The van der Waals surface area contributed by atoms with Crippen LogP contribution in [0.3, 0.4) is 0 Å². The number of hydrogen-bond donors (Lipinski definition) is 2. The second-order valence-corrected chi connectivity index (χ2v) is 9.47. The van der Waals surface area contributed by atoms with Crippen LogP contribution < -0.4 is 10.0 Å². The summed E-state index contributed by atoms with van der Waals surface area (Å²) in [5, 5.41) is 6.53. The highest BCUT2D eigenvalue weighted by molar-refractivity contribution is 7.89. The minimum absolute atomic E-state index is 0.110. The number of thiazole rings is 1. The summed E-state index contributed by atoms with van der Waals surface area (Å²) < 4.78 is 26.1. The third-order valence-electron chi connectivity index (χ3n) is 4.73. The number of nitrogens with zero attached hydrogens (tertiary/aromatic N) is 1. The van der Waals surface area contributed by atoms with Gasteiger partial charge < -0.3 is 5.32 Å². The smallest absolute Gasteiger partial charge is 0.211 e. The molecule has 2 aromatic rings. The Balaban J connectivity index is 1.44. The van der Waals surface area contributed by atoms with Crippen LogP contribution in [-0.4, -0.2) is 31.7 Å².